The molecule has 2 aliphatic heterocycles. The summed E-state index contributed by atoms with van der Waals surface area (Å²) in [6.07, 6.45) is 7.88. The first kappa shape index (κ1) is 13.3. The fourth-order valence-electron chi connectivity index (χ4n) is 5.34. The highest BCUT2D eigenvalue weighted by atomic mass is 16.5. The zero-order chi connectivity index (χ0) is 13.6. The highest BCUT2D eigenvalue weighted by molar-refractivity contribution is 5.14. The van der Waals surface area contributed by atoms with Crippen molar-refractivity contribution in [2.75, 3.05) is 59.5 Å². The lowest BCUT2D eigenvalue weighted by atomic mass is 9.86. The average molecular weight is 277 g/mol. The van der Waals surface area contributed by atoms with Crippen molar-refractivity contribution in [3.8, 4) is 0 Å². The van der Waals surface area contributed by atoms with E-state index in [1.165, 1.54) is 43.5 Å². The molecule has 4 aliphatic rings. The SMILES string of the molecule is C[N+]1(CCCN2CCOCC2)C[C@@H]2[C@H](C1)[C@@H]1C=C[C@H]2C1. The molecule has 3 nitrogen and oxygen atoms in total. The summed E-state index contributed by atoms with van der Waals surface area (Å²) < 4.78 is 6.77. The Balaban J connectivity index is 1.27. The van der Waals surface area contributed by atoms with Crippen LogP contribution >= 0.6 is 0 Å². The molecule has 1 unspecified atom stereocenters. The monoisotopic (exact) mass is 277 g/mol. The van der Waals surface area contributed by atoms with E-state index in [1.54, 1.807) is 0 Å². The van der Waals surface area contributed by atoms with Crippen molar-refractivity contribution >= 4 is 0 Å². The molecular weight excluding hydrogens is 248 g/mol. The number of allylic oxidation sites excluding steroid dienone is 2. The van der Waals surface area contributed by atoms with Gasteiger partial charge in [-0.3, -0.25) is 4.90 Å². The van der Waals surface area contributed by atoms with Crippen LogP contribution in [0.4, 0.5) is 0 Å². The number of ether oxygens (including phenoxy) is 1. The van der Waals surface area contributed by atoms with Gasteiger partial charge in [0.15, 0.2) is 0 Å². The maximum Gasteiger partial charge on any atom is 0.0824 e. The largest absolute Gasteiger partial charge is 0.379 e. The van der Waals surface area contributed by atoms with Crippen LogP contribution in [-0.4, -0.2) is 68.9 Å². The zero-order valence-electron chi connectivity index (χ0n) is 12.8. The molecule has 0 aromatic rings. The fourth-order valence-corrected chi connectivity index (χ4v) is 5.34. The lowest BCUT2D eigenvalue weighted by Gasteiger charge is -2.33. The van der Waals surface area contributed by atoms with E-state index in [1.807, 2.05) is 0 Å². The summed E-state index contributed by atoms with van der Waals surface area (Å²) in [7, 11) is 2.51. The van der Waals surface area contributed by atoms with E-state index in [-0.39, 0.29) is 0 Å². The number of rotatable bonds is 4. The third kappa shape index (κ3) is 2.34. The van der Waals surface area contributed by atoms with Crippen molar-refractivity contribution in [1.29, 1.82) is 0 Å². The van der Waals surface area contributed by atoms with Gasteiger partial charge >= 0.3 is 0 Å². The Bertz CT molecular complexity index is 368. The second-order valence-corrected chi connectivity index (χ2v) is 7.79. The average Bonchev–Trinajstić information content (AvgIpc) is 3.11. The number of hydrogen-bond donors (Lipinski definition) is 0. The van der Waals surface area contributed by atoms with Crippen molar-refractivity contribution in [2.24, 2.45) is 23.7 Å². The van der Waals surface area contributed by atoms with Gasteiger partial charge in [-0.1, -0.05) is 12.2 Å². The minimum absolute atomic E-state index is 0.934. The number of nitrogens with zero attached hydrogens (tertiary/aromatic N) is 2. The maximum absolute atomic E-state index is 5.43. The highest BCUT2D eigenvalue weighted by Gasteiger charge is 2.54. The fraction of sp³-hybridized carbons (Fsp3) is 0.882. The van der Waals surface area contributed by atoms with Crippen molar-refractivity contribution in [3.63, 3.8) is 0 Å². The highest BCUT2D eigenvalue weighted by Crippen LogP contribution is 2.52. The third-order valence-electron chi connectivity index (χ3n) is 6.38. The Morgan fingerprint density at radius 2 is 1.75 bits per heavy atom. The van der Waals surface area contributed by atoms with Gasteiger partial charge in [0, 0.05) is 37.9 Å². The van der Waals surface area contributed by atoms with Gasteiger partial charge in [0.05, 0.1) is 39.9 Å². The summed E-state index contributed by atoms with van der Waals surface area (Å²) in [5, 5.41) is 0. The Labute approximate surface area is 123 Å². The van der Waals surface area contributed by atoms with Gasteiger partial charge in [0.25, 0.3) is 0 Å². The van der Waals surface area contributed by atoms with E-state index >= 15 is 0 Å². The second kappa shape index (κ2) is 5.11. The van der Waals surface area contributed by atoms with E-state index in [9.17, 15) is 0 Å². The molecule has 4 rings (SSSR count). The van der Waals surface area contributed by atoms with Crippen LogP contribution in [0.2, 0.25) is 0 Å². The predicted molar refractivity (Wildman–Crippen MR) is 80.4 cm³/mol. The first-order valence-corrected chi connectivity index (χ1v) is 8.55. The molecule has 2 heterocycles. The van der Waals surface area contributed by atoms with Crippen LogP contribution in [0.3, 0.4) is 0 Å². The molecule has 20 heavy (non-hydrogen) atoms. The van der Waals surface area contributed by atoms with Crippen LogP contribution in [-0.2, 0) is 4.74 Å². The molecule has 0 aromatic heterocycles. The minimum atomic E-state index is 0.934. The van der Waals surface area contributed by atoms with Gasteiger partial charge in [0.2, 0.25) is 0 Å². The first-order valence-electron chi connectivity index (χ1n) is 8.55. The normalized spacial score (nSPS) is 47.0. The molecule has 1 saturated carbocycles. The van der Waals surface area contributed by atoms with Crippen molar-refractivity contribution in [2.45, 2.75) is 12.8 Å². The molecular formula is C17H29N2O+. The number of fused-ring (bicyclic) bond motifs is 5. The summed E-state index contributed by atoms with van der Waals surface area (Å²) >= 11 is 0. The molecule has 0 aromatic carbocycles. The first-order chi connectivity index (χ1) is 9.73. The van der Waals surface area contributed by atoms with E-state index < -0.39 is 0 Å². The summed E-state index contributed by atoms with van der Waals surface area (Å²) in [5.74, 6) is 3.89. The topological polar surface area (TPSA) is 12.5 Å². The predicted octanol–water partition coefficient (Wildman–Crippen LogP) is 1.61. The Kier molecular flexibility index (Phi) is 3.40. The van der Waals surface area contributed by atoms with Crippen LogP contribution in [0.5, 0.6) is 0 Å². The smallest absolute Gasteiger partial charge is 0.0824 e. The standard InChI is InChI=1S/C17H29N2O/c1-19(8-2-5-18-6-9-20-10-7-18)12-16-14-3-4-15(11-14)17(16)13-19/h3-4,14-17H,2,5-13H2,1H3/q+1/t14-,15+,16-,17+,19?. The summed E-state index contributed by atoms with van der Waals surface area (Å²) in [4.78, 5) is 2.58. The van der Waals surface area contributed by atoms with Gasteiger partial charge in [-0.15, -0.1) is 0 Å². The molecule has 2 bridgehead atoms. The molecule has 0 radical (unpaired) electrons. The lowest BCUT2D eigenvalue weighted by molar-refractivity contribution is -0.901. The van der Waals surface area contributed by atoms with Gasteiger partial charge in [0.1, 0.15) is 0 Å². The number of quaternary nitrogens is 1. The van der Waals surface area contributed by atoms with E-state index in [2.05, 4.69) is 24.1 Å². The summed E-state index contributed by atoms with van der Waals surface area (Å²) in [6.45, 7) is 9.70. The summed E-state index contributed by atoms with van der Waals surface area (Å²) in [6, 6.07) is 0. The third-order valence-corrected chi connectivity index (χ3v) is 6.38. The van der Waals surface area contributed by atoms with Crippen LogP contribution < -0.4 is 0 Å². The quantitative estimate of drug-likeness (QED) is 0.572. The Morgan fingerprint density at radius 1 is 1.10 bits per heavy atom. The Hall–Kier alpha value is -0.380. The molecule has 0 spiro atoms. The maximum atomic E-state index is 5.43. The number of hydrogen-bond acceptors (Lipinski definition) is 2. The Morgan fingerprint density at radius 3 is 2.40 bits per heavy atom. The van der Waals surface area contributed by atoms with Crippen LogP contribution in [0.1, 0.15) is 12.8 Å². The summed E-state index contributed by atoms with van der Waals surface area (Å²) in [5.41, 5.74) is 0. The van der Waals surface area contributed by atoms with E-state index in [0.717, 1.165) is 50.0 Å². The molecule has 0 amide bonds. The van der Waals surface area contributed by atoms with Gasteiger partial charge in [-0.05, 0) is 18.3 Å². The molecule has 2 aliphatic carbocycles. The van der Waals surface area contributed by atoms with Gasteiger partial charge in [-0.2, -0.15) is 0 Å². The zero-order valence-corrected chi connectivity index (χ0v) is 12.8. The molecule has 2 saturated heterocycles. The molecule has 5 atom stereocenters. The van der Waals surface area contributed by atoms with E-state index in [0.29, 0.717) is 0 Å². The van der Waals surface area contributed by atoms with Crippen molar-refractivity contribution in [3.05, 3.63) is 12.2 Å². The van der Waals surface area contributed by atoms with Crippen LogP contribution in [0, 0.1) is 23.7 Å². The van der Waals surface area contributed by atoms with Gasteiger partial charge in [-0.25, -0.2) is 0 Å². The molecule has 112 valence electrons. The van der Waals surface area contributed by atoms with Gasteiger partial charge < -0.3 is 9.22 Å². The van der Waals surface area contributed by atoms with E-state index in [4.69, 9.17) is 4.74 Å². The second-order valence-electron chi connectivity index (χ2n) is 7.79. The lowest BCUT2D eigenvalue weighted by Crippen LogP contribution is -2.45. The van der Waals surface area contributed by atoms with Crippen LogP contribution in [0.15, 0.2) is 12.2 Å². The van der Waals surface area contributed by atoms with Crippen LogP contribution in [0.25, 0.3) is 0 Å². The van der Waals surface area contributed by atoms with Crippen molar-refractivity contribution < 1.29 is 9.22 Å². The molecule has 0 N–H and O–H groups in total. The number of morpholine rings is 1. The number of likely N-dealkylation sites (tertiary alicyclic amines) is 1. The molecule has 3 fully saturated rings. The molecule has 3 heteroatoms. The van der Waals surface area contributed by atoms with Crippen molar-refractivity contribution in [1.82, 2.24) is 4.90 Å². The minimum Gasteiger partial charge on any atom is -0.379 e.